The van der Waals surface area contributed by atoms with E-state index in [1.165, 1.54) is 18.9 Å². The van der Waals surface area contributed by atoms with Crippen LogP contribution in [0.25, 0.3) is 0 Å². The lowest BCUT2D eigenvalue weighted by Crippen LogP contribution is -2.35. The van der Waals surface area contributed by atoms with Gasteiger partial charge in [-0.1, -0.05) is 44.2 Å². The summed E-state index contributed by atoms with van der Waals surface area (Å²) in [6, 6.07) is 15.5. The molecule has 0 aromatic heterocycles. The van der Waals surface area contributed by atoms with Gasteiger partial charge < -0.3 is 24.6 Å². The van der Waals surface area contributed by atoms with Crippen LogP contribution in [-0.2, 0) is 22.4 Å². The minimum absolute atomic E-state index is 0.0195. The Hall–Kier alpha value is -4.11. The Bertz CT molecular complexity index is 1480. The van der Waals surface area contributed by atoms with Crippen LogP contribution in [0, 0.1) is 17.7 Å². The molecule has 0 bridgehead atoms. The molecular formula is C34H37FN2O6. The highest BCUT2D eigenvalue weighted by Gasteiger charge is 2.49. The second kappa shape index (κ2) is 12.2. The Kier molecular flexibility index (Phi) is 8.25. The zero-order chi connectivity index (χ0) is 30.1. The predicted octanol–water partition coefficient (Wildman–Crippen LogP) is 5.95. The van der Waals surface area contributed by atoms with Crippen molar-refractivity contribution in [2.75, 3.05) is 31.8 Å². The summed E-state index contributed by atoms with van der Waals surface area (Å²) in [5.41, 5.74) is 3.84. The number of benzene rings is 3. The average Bonchev–Trinajstić information content (AvgIpc) is 3.60. The zero-order valence-electron chi connectivity index (χ0n) is 24.5. The van der Waals surface area contributed by atoms with E-state index in [0.29, 0.717) is 29.8 Å². The maximum atomic E-state index is 15.5. The first-order valence-corrected chi connectivity index (χ1v) is 15.1. The maximum Gasteiger partial charge on any atom is 0.309 e. The van der Waals surface area contributed by atoms with Gasteiger partial charge in [-0.25, -0.2) is 4.39 Å². The van der Waals surface area contributed by atoms with E-state index in [4.69, 9.17) is 14.2 Å². The van der Waals surface area contributed by atoms with Crippen molar-refractivity contribution < 1.29 is 33.3 Å². The van der Waals surface area contributed by atoms with E-state index >= 15 is 4.39 Å². The number of ether oxygens (including phenoxy) is 3. The lowest BCUT2D eigenvalue weighted by Gasteiger charge is -2.27. The number of carbonyl (C=O) groups is 2. The summed E-state index contributed by atoms with van der Waals surface area (Å²) in [7, 11) is 0. The summed E-state index contributed by atoms with van der Waals surface area (Å²) >= 11 is 0. The molecule has 1 unspecified atom stereocenters. The number of rotatable bonds is 11. The van der Waals surface area contributed by atoms with Gasteiger partial charge >= 0.3 is 5.97 Å². The first-order chi connectivity index (χ1) is 20.9. The highest BCUT2D eigenvalue weighted by Crippen LogP contribution is 2.48. The van der Waals surface area contributed by atoms with Crippen molar-refractivity contribution in [1.82, 2.24) is 4.90 Å². The number of hydrogen-bond acceptors (Lipinski definition) is 6. The van der Waals surface area contributed by atoms with Gasteiger partial charge in [0.1, 0.15) is 11.6 Å². The van der Waals surface area contributed by atoms with Crippen LogP contribution < -0.4 is 19.5 Å². The Morgan fingerprint density at radius 2 is 1.70 bits per heavy atom. The molecule has 6 rings (SSSR count). The van der Waals surface area contributed by atoms with Crippen LogP contribution in [0.3, 0.4) is 0 Å². The number of likely N-dealkylation sites (tertiary alicyclic amines) is 1. The number of carbonyl (C=O) groups excluding carboxylic acids is 1. The van der Waals surface area contributed by atoms with Crippen LogP contribution in [0.2, 0.25) is 0 Å². The molecule has 3 aromatic rings. The number of halogens is 1. The third-order valence-electron chi connectivity index (χ3n) is 8.79. The van der Waals surface area contributed by atoms with Crippen LogP contribution in [-0.4, -0.2) is 48.4 Å². The molecule has 2 heterocycles. The van der Waals surface area contributed by atoms with Crippen molar-refractivity contribution in [3.8, 4) is 17.2 Å². The summed E-state index contributed by atoms with van der Waals surface area (Å²) in [4.78, 5) is 28.4. The molecule has 1 amide bonds. The molecule has 9 heteroatoms. The number of carboxylic acid groups (broad SMARTS) is 1. The molecule has 0 radical (unpaired) electrons. The lowest BCUT2D eigenvalue weighted by molar-refractivity contribution is -0.143. The maximum absolute atomic E-state index is 15.5. The minimum Gasteiger partial charge on any atom is -0.493 e. The average molecular weight is 589 g/mol. The molecule has 1 saturated heterocycles. The summed E-state index contributed by atoms with van der Waals surface area (Å²) < 4.78 is 32.2. The molecule has 8 nitrogen and oxygen atoms in total. The zero-order valence-corrected chi connectivity index (χ0v) is 24.5. The van der Waals surface area contributed by atoms with Crippen molar-refractivity contribution in [1.29, 1.82) is 0 Å². The molecule has 1 aliphatic carbocycles. The third-order valence-corrected chi connectivity index (χ3v) is 8.79. The van der Waals surface area contributed by atoms with Gasteiger partial charge in [0.2, 0.25) is 12.7 Å². The fraction of sp³-hybridized carbons (Fsp3) is 0.412. The minimum atomic E-state index is -1.06. The van der Waals surface area contributed by atoms with Crippen LogP contribution in [0.4, 0.5) is 10.1 Å². The van der Waals surface area contributed by atoms with Gasteiger partial charge in [0, 0.05) is 30.3 Å². The number of aliphatic carboxylic acids is 1. The van der Waals surface area contributed by atoms with Gasteiger partial charge in [-0.05, 0) is 72.1 Å². The quantitative estimate of drug-likeness (QED) is 0.286. The van der Waals surface area contributed by atoms with E-state index in [1.807, 2.05) is 61.2 Å². The molecule has 43 heavy (non-hydrogen) atoms. The third kappa shape index (κ3) is 6.04. The summed E-state index contributed by atoms with van der Waals surface area (Å²) in [6.07, 6.45) is 3.88. The van der Waals surface area contributed by atoms with Crippen molar-refractivity contribution in [3.63, 3.8) is 0 Å². The van der Waals surface area contributed by atoms with Crippen LogP contribution in [0.1, 0.15) is 60.9 Å². The first kappa shape index (κ1) is 29.0. The number of carboxylic acids is 1. The van der Waals surface area contributed by atoms with E-state index in [2.05, 4.69) is 5.32 Å². The Balaban J connectivity index is 1.32. The number of nitrogens with one attached hydrogen (secondary N) is 1. The molecule has 3 aliphatic rings. The lowest BCUT2D eigenvalue weighted by atomic mass is 9.82. The number of nitrogens with zero attached hydrogens (tertiary/aromatic N) is 1. The van der Waals surface area contributed by atoms with Gasteiger partial charge in [0.25, 0.3) is 0 Å². The number of anilines is 1. The molecule has 3 atom stereocenters. The molecule has 3 aromatic carbocycles. The van der Waals surface area contributed by atoms with Crippen molar-refractivity contribution in [3.05, 3.63) is 82.7 Å². The van der Waals surface area contributed by atoms with E-state index in [0.717, 1.165) is 35.2 Å². The van der Waals surface area contributed by atoms with Crippen molar-refractivity contribution in [2.24, 2.45) is 11.8 Å². The SMILES string of the molecule is CCc1cccc(CC)c1NC(=O)CN1C[C@H](c2cc3c(cc2F)OCO3)C(C(=O)O)[C@@H]1c1ccc(OCC2CC2)cc1. The monoisotopic (exact) mass is 588 g/mol. The van der Waals surface area contributed by atoms with E-state index in [-0.39, 0.29) is 31.4 Å². The van der Waals surface area contributed by atoms with E-state index < -0.39 is 29.7 Å². The second-order valence-corrected chi connectivity index (χ2v) is 11.6. The van der Waals surface area contributed by atoms with Crippen molar-refractivity contribution >= 4 is 17.6 Å². The van der Waals surface area contributed by atoms with E-state index in [9.17, 15) is 14.7 Å². The van der Waals surface area contributed by atoms with Crippen LogP contribution >= 0.6 is 0 Å². The smallest absolute Gasteiger partial charge is 0.309 e. The topological polar surface area (TPSA) is 97.3 Å². The molecule has 2 N–H and O–H groups in total. The van der Waals surface area contributed by atoms with Crippen LogP contribution in [0.5, 0.6) is 17.2 Å². The van der Waals surface area contributed by atoms with E-state index in [1.54, 1.807) is 6.07 Å². The molecule has 0 spiro atoms. The predicted molar refractivity (Wildman–Crippen MR) is 159 cm³/mol. The Morgan fingerprint density at radius 3 is 2.33 bits per heavy atom. The number of amides is 1. The highest BCUT2D eigenvalue weighted by molar-refractivity contribution is 5.94. The highest BCUT2D eigenvalue weighted by atomic mass is 19.1. The second-order valence-electron chi connectivity index (χ2n) is 11.6. The van der Waals surface area contributed by atoms with Crippen LogP contribution in [0.15, 0.2) is 54.6 Å². The molecule has 226 valence electrons. The first-order valence-electron chi connectivity index (χ1n) is 15.1. The molecular weight excluding hydrogens is 551 g/mol. The summed E-state index contributed by atoms with van der Waals surface area (Å²) in [6.45, 7) is 4.84. The molecule has 2 aliphatic heterocycles. The van der Waals surface area contributed by atoms with Gasteiger partial charge in [-0.2, -0.15) is 0 Å². The largest absolute Gasteiger partial charge is 0.493 e. The Labute approximate surface area is 250 Å². The van der Waals surface area contributed by atoms with Gasteiger partial charge in [0.05, 0.1) is 19.1 Å². The fourth-order valence-electron chi connectivity index (χ4n) is 6.35. The standard InChI is InChI=1S/C34H37FN2O6/c1-3-21-6-5-7-22(4-2)32(21)36-30(38)17-37-16-26(25-14-28-29(15-27(25)35)43-19-42-28)31(34(39)40)33(37)23-10-12-24(13-11-23)41-18-20-8-9-20/h5-7,10-15,20,26,31,33H,3-4,8-9,16-19H2,1-2H3,(H,36,38)(H,39,40)/t26-,31?,33+/m1/s1. The summed E-state index contributed by atoms with van der Waals surface area (Å²) in [5, 5.41) is 13.7. The summed E-state index contributed by atoms with van der Waals surface area (Å²) in [5.74, 6) is -1.63. The van der Waals surface area contributed by atoms with Gasteiger partial charge in [-0.15, -0.1) is 0 Å². The number of fused-ring (bicyclic) bond motifs is 1. The van der Waals surface area contributed by atoms with Gasteiger partial charge in [-0.3, -0.25) is 14.5 Å². The molecule has 1 saturated carbocycles. The number of aryl methyl sites for hydroxylation is 2. The normalized spacial score (nSPS) is 21.1. The Morgan fingerprint density at radius 1 is 1.02 bits per heavy atom. The fourth-order valence-corrected chi connectivity index (χ4v) is 6.35. The number of para-hydroxylation sites is 1. The molecule has 2 fully saturated rings. The van der Waals surface area contributed by atoms with Gasteiger partial charge in [0.15, 0.2) is 11.5 Å². The number of hydrogen-bond donors (Lipinski definition) is 2. The van der Waals surface area contributed by atoms with Crippen molar-refractivity contribution in [2.45, 2.75) is 51.5 Å².